The summed E-state index contributed by atoms with van der Waals surface area (Å²) < 4.78 is 9.97. The van der Waals surface area contributed by atoms with Gasteiger partial charge in [-0.05, 0) is 30.7 Å². The minimum absolute atomic E-state index is 0.0577. The fourth-order valence-corrected chi connectivity index (χ4v) is 5.36. The van der Waals surface area contributed by atoms with Gasteiger partial charge in [-0.15, -0.1) is 21.5 Å². The molecule has 0 radical (unpaired) electrons. The number of carbonyl (C=O) groups is 1. The zero-order chi connectivity index (χ0) is 23.5. The fraction of sp³-hybridized carbons (Fsp3) is 0.476. The number of carbonyl (C=O) groups excluding carboxylic acids is 1. The van der Waals surface area contributed by atoms with Crippen molar-refractivity contribution < 1.29 is 9.53 Å². The summed E-state index contributed by atoms with van der Waals surface area (Å²) in [4.78, 5) is 39.1. The zero-order valence-electron chi connectivity index (χ0n) is 18.5. The van der Waals surface area contributed by atoms with Crippen LogP contribution < -0.4 is 17.0 Å². The molecule has 4 heterocycles. The van der Waals surface area contributed by atoms with E-state index in [2.05, 4.69) is 10.2 Å². The van der Waals surface area contributed by atoms with Crippen LogP contribution in [0.1, 0.15) is 36.5 Å². The summed E-state index contributed by atoms with van der Waals surface area (Å²) in [6.45, 7) is 3.53. The van der Waals surface area contributed by atoms with Crippen molar-refractivity contribution in [1.82, 2.24) is 23.9 Å². The van der Waals surface area contributed by atoms with Gasteiger partial charge in [0.05, 0.1) is 23.3 Å². The minimum Gasteiger partial charge on any atom is -0.384 e. The van der Waals surface area contributed by atoms with E-state index in [0.29, 0.717) is 24.7 Å². The van der Waals surface area contributed by atoms with E-state index in [9.17, 15) is 14.4 Å². The summed E-state index contributed by atoms with van der Waals surface area (Å²) >= 11 is 2.76. The van der Waals surface area contributed by atoms with Gasteiger partial charge in [0, 0.05) is 20.2 Å². The van der Waals surface area contributed by atoms with E-state index in [1.165, 1.54) is 23.4 Å². The maximum Gasteiger partial charge on any atom is 0.332 e. The van der Waals surface area contributed by atoms with Crippen molar-refractivity contribution in [2.75, 3.05) is 18.1 Å². The molecule has 0 aromatic carbocycles. The van der Waals surface area contributed by atoms with E-state index in [1.807, 2.05) is 29.0 Å². The van der Waals surface area contributed by atoms with E-state index >= 15 is 0 Å². The topological polar surface area (TPSA) is 127 Å². The molecule has 1 fully saturated rings. The second kappa shape index (κ2) is 10.1. The maximum atomic E-state index is 13.1. The normalized spacial score (nSPS) is 15.9. The molecule has 2 N–H and O–H groups in total. The first-order valence-electron chi connectivity index (χ1n) is 10.8. The van der Waals surface area contributed by atoms with Gasteiger partial charge in [-0.1, -0.05) is 24.8 Å². The van der Waals surface area contributed by atoms with Crippen LogP contribution in [0, 0.1) is 0 Å². The molecule has 0 spiro atoms. The van der Waals surface area contributed by atoms with E-state index in [0.717, 1.165) is 34.7 Å². The van der Waals surface area contributed by atoms with Crippen LogP contribution in [-0.4, -0.2) is 48.1 Å². The Balaban J connectivity index is 1.61. The highest BCUT2D eigenvalue weighted by Crippen LogP contribution is 2.29. The molecular weight excluding hydrogens is 464 g/mol. The number of rotatable bonds is 9. The number of Topliss-reactive ketones (excluding diaryl/α,β-unsaturated/α-hetero) is 1. The van der Waals surface area contributed by atoms with Crippen LogP contribution in [0.4, 0.5) is 5.82 Å². The number of hydrogen-bond donors (Lipinski definition) is 1. The molecule has 1 atom stereocenters. The molecule has 0 amide bonds. The molecule has 0 bridgehead atoms. The molecule has 33 heavy (non-hydrogen) atoms. The van der Waals surface area contributed by atoms with Crippen molar-refractivity contribution in [3.8, 4) is 10.7 Å². The van der Waals surface area contributed by atoms with Crippen LogP contribution in [0.5, 0.6) is 0 Å². The Morgan fingerprint density at radius 1 is 1.33 bits per heavy atom. The van der Waals surface area contributed by atoms with E-state index < -0.39 is 17.0 Å². The van der Waals surface area contributed by atoms with Crippen molar-refractivity contribution in [2.45, 2.75) is 50.5 Å². The molecule has 0 aliphatic carbocycles. The standard InChI is InChI=1S/C21H26N6O4S2/c1-3-8-26-17(22)16(19(29)25(2)21(26)30)14(28)12-33-20-24-23-18(15-7-5-10-32-15)27(20)11-13-6-4-9-31-13/h5,7,10,13H,3-4,6,8-9,11-12,22H2,1-2H3/t13-/m1/s1. The molecule has 4 rings (SSSR count). The van der Waals surface area contributed by atoms with Crippen LogP contribution in [0.25, 0.3) is 10.7 Å². The van der Waals surface area contributed by atoms with Gasteiger partial charge in [0.2, 0.25) is 0 Å². The predicted molar refractivity (Wildman–Crippen MR) is 128 cm³/mol. The van der Waals surface area contributed by atoms with Crippen molar-refractivity contribution in [1.29, 1.82) is 0 Å². The SMILES string of the molecule is CCCn1c(N)c(C(=O)CSc2nnc(-c3cccs3)n2C[C@H]2CCCO2)c(=O)n(C)c1=O. The van der Waals surface area contributed by atoms with Crippen LogP contribution >= 0.6 is 23.1 Å². The maximum absolute atomic E-state index is 13.1. The molecule has 1 saturated heterocycles. The first-order chi connectivity index (χ1) is 15.9. The van der Waals surface area contributed by atoms with Crippen LogP contribution in [0.2, 0.25) is 0 Å². The Morgan fingerprint density at radius 2 is 2.15 bits per heavy atom. The number of thioether (sulfide) groups is 1. The highest BCUT2D eigenvalue weighted by Gasteiger charge is 2.25. The van der Waals surface area contributed by atoms with Crippen molar-refractivity contribution in [3.63, 3.8) is 0 Å². The van der Waals surface area contributed by atoms with Crippen molar-refractivity contribution in [2.24, 2.45) is 7.05 Å². The Kier molecular flexibility index (Phi) is 7.15. The molecule has 1 aliphatic rings. The van der Waals surface area contributed by atoms with E-state index in [1.54, 1.807) is 11.3 Å². The third kappa shape index (κ3) is 4.68. The van der Waals surface area contributed by atoms with Gasteiger partial charge < -0.3 is 10.5 Å². The quantitative estimate of drug-likeness (QED) is 0.356. The van der Waals surface area contributed by atoms with Gasteiger partial charge >= 0.3 is 5.69 Å². The van der Waals surface area contributed by atoms with Crippen LogP contribution in [-0.2, 0) is 24.9 Å². The van der Waals surface area contributed by atoms with Crippen LogP contribution in [0.15, 0.2) is 32.3 Å². The number of thiophene rings is 1. The van der Waals surface area contributed by atoms with E-state index in [-0.39, 0.29) is 23.2 Å². The largest absolute Gasteiger partial charge is 0.384 e. The number of aromatic nitrogens is 5. The summed E-state index contributed by atoms with van der Waals surface area (Å²) in [5.74, 6) is 0.128. The predicted octanol–water partition coefficient (Wildman–Crippen LogP) is 2.01. The molecular formula is C21H26N6O4S2. The minimum atomic E-state index is -0.685. The molecule has 3 aromatic rings. The average Bonchev–Trinajstić information content (AvgIpc) is 3.57. The lowest BCUT2D eigenvalue weighted by atomic mass is 10.2. The molecule has 0 saturated carbocycles. The van der Waals surface area contributed by atoms with Gasteiger partial charge in [0.1, 0.15) is 11.4 Å². The number of ketones is 1. The summed E-state index contributed by atoms with van der Waals surface area (Å²) in [6, 6.07) is 3.92. The highest BCUT2D eigenvalue weighted by molar-refractivity contribution is 7.99. The van der Waals surface area contributed by atoms with Gasteiger partial charge in [-0.25, -0.2) is 4.79 Å². The monoisotopic (exact) mass is 490 g/mol. The Bertz CT molecular complexity index is 1260. The van der Waals surface area contributed by atoms with Crippen LogP contribution in [0.3, 0.4) is 0 Å². The lowest BCUT2D eigenvalue weighted by molar-refractivity contribution is 0.0953. The number of anilines is 1. The number of ether oxygens (including phenoxy) is 1. The molecule has 176 valence electrons. The van der Waals surface area contributed by atoms with Crippen molar-refractivity contribution >= 4 is 34.7 Å². The molecule has 0 unspecified atom stereocenters. The fourth-order valence-electron chi connectivity index (χ4n) is 3.83. The van der Waals surface area contributed by atoms with E-state index in [4.69, 9.17) is 10.5 Å². The van der Waals surface area contributed by atoms with Gasteiger partial charge in [-0.2, -0.15) is 0 Å². The van der Waals surface area contributed by atoms with Crippen molar-refractivity contribution in [3.05, 3.63) is 43.9 Å². The first-order valence-corrected chi connectivity index (χ1v) is 12.6. The lowest BCUT2D eigenvalue weighted by Gasteiger charge is -2.15. The molecule has 12 heteroatoms. The Hall–Kier alpha value is -2.70. The third-order valence-corrected chi connectivity index (χ3v) is 7.34. The van der Waals surface area contributed by atoms with Gasteiger partial charge in [0.15, 0.2) is 16.8 Å². The summed E-state index contributed by atoms with van der Waals surface area (Å²) in [5.41, 5.74) is 4.71. The second-order valence-electron chi connectivity index (χ2n) is 7.80. The number of nitrogens with two attached hydrogens (primary N) is 1. The second-order valence-corrected chi connectivity index (χ2v) is 9.69. The number of nitrogen functional groups attached to an aromatic ring is 1. The molecule has 1 aliphatic heterocycles. The third-order valence-electron chi connectivity index (χ3n) is 5.51. The molecule has 3 aromatic heterocycles. The first kappa shape index (κ1) is 23.5. The summed E-state index contributed by atoms with van der Waals surface area (Å²) in [5, 5.41) is 11.2. The number of nitrogens with zero attached hydrogens (tertiary/aromatic N) is 5. The highest BCUT2D eigenvalue weighted by atomic mass is 32.2. The smallest absolute Gasteiger partial charge is 0.332 e. The number of hydrogen-bond acceptors (Lipinski definition) is 9. The van der Waals surface area contributed by atoms with Gasteiger partial charge in [0.25, 0.3) is 5.56 Å². The average molecular weight is 491 g/mol. The van der Waals surface area contributed by atoms with Gasteiger partial charge in [-0.3, -0.25) is 23.3 Å². The lowest BCUT2D eigenvalue weighted by Crippen LogP contribution is -2.42. The Labute approximate surface area is 198 Å². The Morgan fingerprint density at radius 3 is 2.82 bits per heavy atom. The summed E-state index contributed by atoms with van der Waals surface area (Å²) in [6.07, 6.45) is 2.67. The summed E-state index contributed by atoms with van der Waals surface area (Å²) in [7, 11) is 1.35. The zero-order valence-corrected chi connectivity index (χ0v) is 20.2. The molecule has 10 nitrogen and oxygen atoms in total.